The predicted molar refractivity (Wildman–Crippen MR) is 71.9 cm³/mol. The Hall–Kier alpha value is -1.84. The summed E-state index contributed by atoms with van der Waals surface area (Å²) in [5.41, 5.74) is 0. The van der Waals surface area contributed by atoms with Crippen LogP contribution in [0.1, 0.15) is 20.3 Å². The number of carboxylic acid groups (broad SMARTS) is 2. The van der Waals surface area contributed by atoms with E-state index in [2.05, 4.69) is 22.0 Å². The van der Waals surface area contributed by atoms with Gasteiger partial charge in [-0.15, -0.1) is 18.9 Å². The highest BCUT2D eigenvalue weighted by Crippen LogP contribution is 1.96. The number of aliphatic carboxylic acids is 2. The summed E-state index contributed by atoms with van der Waals surface area (Å²) in [7, 11) is 2.68. The third-order valence-corrected chi connectivity index (χ3v) is 1.80. The first-order valence-corrected chi connectivity index (χ1v) is 5.00. The number of carbonyl (C=O) groups is 2. The average Bonchev–Trinajstić information content (AvgIpc) is 2.32. The third-order valence-electron chi connectivity index (χ3n) is 1.80. The lowest BCUT2D eigenvalue weighted by Crippen LogP contribution is -2.21. The van der Waals surface area contributed by atoms with Crippen LogP contribution in [0.3, 0.4) is 0 Å². The minimum atomic E-state index is -1.02. The lowest BCUT2D eigenvalue weighted by Gasteiger charge is -2.05. The molecule has 0 aromatic rings. The van der Waals surface area contributed by atoms with Gasteiger partial charge in [-0.3, -0.25) is 0 Å². The van der Waals surface area contributed by atoms with Gasteiger partial charge in [-0.25, -0.2) is 9.59 Å². The molecule has 0 amide bonds. The Labute approximate surface area is 114 Å². The van der Waals surface area contributed by atoms with Gasteiger partial charge in [0.25, 0.3) is 0 Å². The van der Waals surface area contributed by atoms with Gasteiger partial charge in [-0.2, -0.15) is 0 Å². The predicted octanol–water partition coefficient (Wildman–Crippen LogP) is 1.41. The second-order valence-corrected chi connectivity index (χ2v) is 3.06. The molecule has 2 atom stereocenters. The number of hydrogen-bond donors (Lipinski definition) is 2. The van der Waals surface area contributed by atoms with Crippen LogP contribution >= 0.6 is 0 Å². The van der Waals surface area contributed by atoms with E-state index in [0.29, 0.717) is 6.42 Å². The van der Waals surface area contributed by atoms with Crippen molar-refractivity contribution in [2.45, 2.75) is 32.5 Å². The number of terminal acetylenes is 1. The van der Waals surface area contributed by atoms with Gasteiger partial charge in [0.1, 0.15) is 0 Å². The van der Waals surface area contributed by atoms with E-state index in [-0.39, 0.29) is 13.8 Å². The highest BCUT2D eigenvalue weighted by Gasteiger charge is 2.13. The van der Waals surface area contributed by atoms with Crippen molar-refractivity contribution in [3.8, 4) is 12.3 Å². The van der Waals surface area contributed by atoms with Crippen molar-refractivity contribution >= 4 is 11.9 Å². The lowest BCUT2D eigenvalue weighted by molar-refractivity contribution is -0.149. The fourth-order valence-corrected chi connectivity index (χ4v) is 0.828. The Morgan fingerprint density at radius 3 is 1.79 bits per heavy atom. The van der Waals surface area contributed by atoms with Crippen LogP contribution in [0, 0.1) is 12.3 Å². The maximum absolute atomic E-state index is 10.1. The summed E-state index contributed by atoms with van der Waals surface area (Å²) < 4.78 is 9.09. The SMILES string of the molecule is C.C#CCC(OC)C(=O)O.C=CCC(OC)C(=O)O. The van der Waals surface area contributed by atoms with E-state index >= 15 is 0 Å². The third kappa shape index (κ3) is 12.4. The Morgan fingerprint density at radius 2 is 1.68 bits per heavy atom. The summed E-state index contributed by atoms with van der Waals surface area (Å²) in [5.74, 6) is 0.229. The molecule has 2 unspecified atom stereocenters. The van der Waals surface area contributed by atoms with E-state index < -0.39 is 24.1 Å². The molecule has 110 valence electrons. The van der Waals surface area contributed by atoms with E-state index in [1.54, 1.807) is 0 Å². The number of ether oxygens (including phenoxy) is 2. The normalized spacial score (nSPS) is 11.6. The summed E-state index contributed by atoms with van der Waals surface area (Å²) in [4.78, 5) is 20.2. The maximum Gasteiger partial charge on any atom is 0.333 e. The zero-order valence-corrected chi connectivity index (χ0v) is 10.5. The molecule has 0 aromatic carbocycles. The van der Waals surface area contributed by atoms with Gasteiger partial charge in [0.15, 0.2) is 12.2 Å². The quantitative estimate of drug-likeness (QED) is 0.538. The first kappa shape index (κ1) is 22.3. The molecule has 0 heterocycles. The molecule has 19 heavy (non-hydrogen) atoms. The second kappa shape index (κ2) is 14.2. The molecule has 0 aliphatic carbocycles. The van der Waals surface area contributed by atoms with Crippen LogP contribution in [0.25, 0.3) is 0 Å². The number of methoxy groups -OCH3 is 2. The van der Waals surface area contributed by atoms with Crippen LogP contribution in [-0.4, -0.2) is 48.6 Å². The number of rotatable bonds is 7. The standard InChI is InChI=1S/C6H10O3.C6H8O3.CH4/c2*1-3-4-5(9-2)6(7)8;/h3,5H,1,4H2,2H3,(H,7,8);1,5H,4H2,2H3,(H,7,8);1H4. The molecule has 0 bridgehead atoms. The highest BCUT2D eigenvalue weighted by molar-refractivity contribution is 5.72. The van der Waals surface area contributed by atoms with E-state index in [4.69, 9.17) is 16.6 Å². The zero-order chi connectivity index (χ0) is 14.6. The first-order chi connectivity index (χ1) is 8.44. The van der Waals surface area contributed by atoms with Gasteiger partial charge < -0.3 is 19.7 Å². The number of carboxylic acids is 2. The molecule has 6 heteroatoms. The minimum absolute atomic E-state index is 0. The molecule has 0 spiro atoms. The first-order valence-electron chi connectivity index (χ1n) is 5.00. The maximum atomic E-state index is 10.1. The van der Waals surface area contributed by atoms with Crippen LogP contribution in [0.15, 0.2) is 12.7 Å². The molecule has 6 nitrogen and oxygen atoms in total. The molecule has 0 aromatic heterocycles. The topological polar surface area (TPSA) is 93.1 Å². The fourth-order valence-electron chi connectivity index (χ4n) is 0.828. The Kier molecular flexibility index (Phi) is 16.7. The van der Waals surface area contributed by atoms with Crippen molar-refractivity contribution in [1.82, 2.24) is 0 Å². The van der Waals surface area contributed by atoms with E-state index in [1.165, 1.54) is 20.3 Å². The Morgan fingerprint density at radius 1 is 1.26 bits per heavy atom. The molecule has 0 rings (SSSR count). The molecular weight excluding hydrogens is 252 g/mol. The van der Waals surface area contributed by atoms with Gasteiger partial charge >= 0.3 is 11.9 Å². The van der Waals surface area contributed by atoms with Gasteiger partial charge in [0.05, 0.1) is 0 Å². The van der Waals surface area contributed by atoms with Crippen LogP contribution in [-0.2, 0) is 19.1 Å². The van der Waals surface area contributed by atoms with Gasteiger partial charge in [0.2, 0.25) is 0 Å². The van der Waals surface area contributed by atoms with Gasteiger partial charge in [0, 0.05) is 27.1 Å². The largest absolute Gasteiger partial charge is 0.479 e. The van der Waals surface area contributed by atoms with Gasteiger partial charge in [-0.1, -0.05) is 13.5 Å². The van der Waals surface area contributed by atoms with Crippen molar-refractivity contribution in [3.63, 3.8) is 0 Å². The van der Waals surface area contributed by atoms with Crippen molar-refractivity contribution in [1.29, 1.82) is 0 Å². The van der Waals surface area contributed by atoms with Crippen molar-refractivity contribution in [2.24, 2.45) is 0 Å². The van der Waals surface area contributed by atoms with E-state index in [0.717, 1.165) is 0 Å². The van der Waals surface area contributed by atoms with Crippen LogP contribution in [0.4, 0.5) is 0 Å². The summed E-state index contributed by atoms with van der Waals surface area (Å²) in [6, 6.07) is 0. The fraction of sp³-hybridized carbons (Fsp3) is 0.538. The van der Waals surface area contributed by atoms with E-state index in [9.17, 15) is 9.59 Å². The van der Waals surface area contributed by atoms with Crippen molar-refractivity contribution in [3.05, 3.63) is 12.7 Å². The molecule has 0 saturated heterocycles. The monoisotopic (exact) mass is 274 g/mol. The van der Waals surface area contributed by atoms with Crippen molar-refractivity contribution < 1.29 is 29.3 Å². The van der Waals surface area contributed by atoms with Crippen LogP contribution in [0.2, 0.25) is 0 Å². The molecule has 0 aliphatic rings. The molecular formula is C13H22O6. The Balaban J connectivity index is -0.000000256. The zero-order valence-electron chi connectivity index (χ0n) is 10.5. The summed E-state index contributed by atoms with van der Waals surface area (Å²) in [6.07, 6.45) is 5.25. The summed E-state index contributed by atoms with van der Waals surface area (Å²) in [5, 5.41) is 16.6. The smallest absolute Gasteiger partial charge is 0.333 e. The molecule has 0 fully saturated rings. The molecule has 0 aliphatic heterocycles. The molecule has 0 saturated carbocycles. The molecule has 0 radical (unpaired) electrons. The van der Waals surface area contributed by atoms with Crippen molar-refractivity contribution in [2.75, 3.05) is 14.2 Å². The van der Waals surface area contributed by atoms with Crippen LogP contribution in [0.5, 0.6) is 0 Å². The highest BCUT2D eigenvalue weighted by atomic mass is 16.5. The minimum Gasteiger partial charge on any atom is -0.479 e. The summed E-state index contributed by atoms with van der Waals surface area (Å²) >= 11 is 0. The number of hydrogen-bond acceptors (Lipinski definition) is 4. The second-order valence-electron chi connectivity index (χ2n) is 3.06. The Bertz CT molecular complexity index is 305. The lowest BCUT2D eigenvalue weighted by atomic mass is 10.2. The average molecular weight is 274 g/mol. The van der Waals surface area contributed by atoms with Gasteiger partial charge in [-0.05, 0) is 0 Å². The molecule has 2 N–H and O–H groups in total. The summed E-state index contributed by atoms with van der Waals surface area (Å²) in [6.45, 7) is 3.39. The van der Waals surface area contributed by atoms with Crippen LogP contribution < -0.4 is 0 Å². The van der Waals surface area contributed by atoms with E-state index in [1.807, 2.05) is 0 Å².